The molecule has 2 rings (SSSR count). The lowest BCUT2D eigenvalue weighted by molar-refractivity contribution is -0.203. The molecule has 0 radical (unpaired) electrons. The first-order valence-electron chi connectivity index (χ1n) is 27.4. The molecule has 68 heavy (non-hydrogen) atoms. The number of carbonyl (C=O) groups is 3. The van der Waals surface area contributed by atoms with Gasteiger partial charge in [0.05, 0.1) is 25.4 Å². The van der Waals surface area contributed by atoms with E-state index in [1.165, 1.54) is 38.5 Å². The Morgan fingerprint density at radius 3 is 1.37 bits per heavy atom. The number of ether oxygens (including phenoxy) is 4. The summed E-state index contributed by atoms with van der Waals surface area (Å²) in [7, 11) is 6.26. The second-order valence-corrected chi connectivity index (χ2v) is 19.2. The first-order valence-corrected chi connectivity index (χ1v) is 27.4. The topological polar surface area (TPSA) is 97.9 Å². The Kier molecular flexibility index (Phi) is 37.1. The van der Waals surface area contributed by atoms with Gasteiger partial charge in [0.2, 0.25) is 5.91 Å². The van der Waals surface area contributed by atoms with Crippen LogP contribution in [0.15, 0.2) is 72.9 Å². The monoisotopic (exact) mass is 950 g/mol. The van der Waals surface area contributed by atoms with E-state index in [1.807, 2.05) is 4.90 Å². The van der Waals surface area contributed by atoms with E-state index in [9.17, 15) is 14.4 Å². The SMILES string of the molecule is CC/C=C\C/C=C\C/C=C\CCCCCCCCC(=O)OCCC1OC2(CCN(C(=O)CCCN(C)CCN(C)C)CC2)OC1CCOC(=O)CCCCCCCC/C=C\C/C=C\C/C=C\CC. The predicted octanol–water partition coefficient (Wildman–Crippen LogP) is 13.2. The fourth-order valence-electron chi connectivity index (χ4n) is 8.55. The zero-order valence-corrected chi connectivity index (χ0v) is 44.0. The lowest BCUT2D eigenvalue weighted by Crippen LogP contribution is -2.47. The molecule has 388 valence electrons. The van der Waals surface area contributed by atoms with Crippen LogP contribution in [0.1, 0.15) is 194 Å². The van der Waals surface area contributed by atoms with Gasteiger partial charge in [-0.05, 0) is 111 Å². The van der Waals surface area contributed by atoms with E-state index in [1.54, 1.807) is 0 Å². The van der Waals surface area contributed by atoms with Gasteiger partial charge in [0, 0.05) is 71.1 Å². The Hall–Kier alpha value is -3.31. The molecule has 2 aliphatic rings. The number of allylic oxidation sites excluding steroid dienone is 12. The highest BCUT2D eigenvalue weighted by atomic mass is 16.8. The average Bonchev–Trinajstić information content (AvgIpc) is 3.66. The molecular weight excluding hydrogens is 851 g/mol. The van der Waals surface area contributed by atoms with Crippen LogP contribution < -0.4 is 0 Å². The van der Waals surface area contributed by atoms with Crippen molar-refractivity contribution in [1.82, 2.24) is 14.7 Å². The van der Waals surface area contributed by atoms with E-state index in [2.05, 4.69) is 118 Å². The Bertz CT molecular complexity index is 1380. The van der Waals surface area contributed by atoms with Crippen molar-refractivity contribution in [3.05, 3.63) is 72.9 Å². The number of carbonyl (C=O) groups excluding carboxylic acids is 3. The van der Waals surface area contributed by atoms with Crippen LogP contribution in [0.2, 0.25) is 0 Å². The van der Waals surface area contributed by atoms with Crippen molar-refractivity contribution in [3.63, 3.8) is 0 Å². The Labute approximate surface area is 416 Å². The summed E-state index contributed by atoms with van der Waals surface area (Å²) >= 11 is 0. The van der Waals surface area contributed by atoms with Crippen LogP contribution in [0.4, 0.5) is 0 Å². The van der Waals surface area contributed by atoms with Gasteiger partial charge in [0.25, 0.3) is 0 Å². The predicted molar refractivity (Wildman–Crippen MR) is 282 cm³/mol. The third-order valence-corrected chi connectivity index (χ3v) is 12.8. The summed E-state index contributed by atoms with van der Waals surface area (Å²) in [4.78, 5) is 45.0. The molecule has 10 heteroatoms. The van der Waals surface area contributed by atoms with E-state index in [-0.39, 0.29) is 43.3 Å². The molecule has 0 bridgehead atoms. The van der Waals surface area contributed by atoms with Gasteiger partial charge >= 0.3 is 11.9 Å². The van der Waals surface area contributed by atoms with Crippen LogP contribution in [0.3, 0.4) is 0 Å². The van der Waals surface area contributed by atoms with Crippen molar-refractivity contribution < 1.29 is 33.3 Å². The van der Waals surface area contributed by atoms with E-state index in [0.29, 0.717) is 58.0 Å². The first kappa shape index (κ1) is 60.8. The number of likely N-dealkylation sites (N-methyl/N-ethyl adjacent to an activating group) is 2. The maximum Gasteiger partial charge on any atom is 0.305 e. The number of rotatable bonds is 41. The molecule has 0 aliphatic carbocycles. The zero-order valence-electron chi connectivity index (χ0n) is 44.0. The van der Waals surface area contributed by atoms with E-state index in [0.717, 1.165) is 116 Å². The minimum atomic E-state index is -0.787. The molecular formula is C58H99N3O7. The van der Waals surface area contributed by atoms with Gasteiger partial charge < -0.3 is 33.6 Å². The summed E-state index contributed by atoms with van der Waals surface area (Å²) in [5.41, 5.74) is 0. The number of nitrogens with zero attached hydrogens (tertiary/aromatic N) is 3. The number of piperidine rings is 1. The summed E-state index contributed by atoms with van der Waals surface area (Å²) < 4.78 is 24.7. The lowest BCUT2D eigenvalue weighted by Gasteiger charge is -2.38. The number of amides is 1. The molecule has 2 fully saturated rings. The number of esters is 2. The molecule has 0 N–H and O–H groups in total. The largest absolute Gasteiger partial charge is 0.466 e. The molecule has 1 spiro atoms. The van der Waals surface area contributed by atoms with Gasteiger partial charge in [-0.25, -0.2) is 0 Å². The highest BCUT2D eigenvalue weighted by molar-refractivity contribution is 5.76. The summed E-state index contributed by atoms with van der Waals surface area (Å²) in [6.45, 7) is 8.87. The minimum Gasteiger partial charge on any atom is -0.466 e. The molecule has 0 aromatic heterocycles. The number of unbranched alkanes of at least 4 members (excludes halogenated alkanes) is 12. The maximum atomic E-state index is 13.2. The second-order valence-electron chi connectivity index (χ2n) is 19.2. The van der Waals surface area contributed by atoms with E-state index in [4.69, 9.17) is 18.9 Å². The summed E-state index contributed by atoms with van der Waals surface area (Å²) in [6, 6.07) is 0. The van der Waals surface area contributed by atoms with Crippen LogP contribution in [-0.4, -0.2) is 118 Å². The van der Waals surface area contributed by atoms with Gasteiger partial charge in [0.1, 0.15) is 0 Å². The van der Waals surface area contributed by atoms with Crippen molar-refractivity contribution >= 4 is 17.8 Å². The second kappa shape index (κ2) is 41.5. The molecule has 0 saturated carbocycles. The third kappa shape index (κ3) is 32.5. The maximum absolute atomic E-state index is 13.2. The van der Waals surface area contributed by atoms with E-state index >= 15 is 0 Å². The van der Waals surface area contributed by atoms with Crippen molar-refractivity contribution in [1.29, 1.82) is 0 Å². The van der Waals surface area contributed by atoms with Crippen molar-refractivity contribution in [2.75, 3.05) is 67.1 Å². The van der Waals surface area contributed by atoms with Crippen LogP contribution in [0.25, 0.3) is 0 Å². The standard InChI is InChI=1S/C58H99N3O7/c1-6-8-10-12-14-16-18-20-22-24-26-28-30-32-34-36-40-56(63)65-51-42-53-54(68-58(67-53)44-47-61(48-45-58)55(62)39-38-46-60(5)50-49-59(3)4)43-52-66-57(64)41-37-35-33-31-29-27-25-23-21-19-17-15-13-11-9-7-2/h8-11,14-17,20-23,53-54H,6-7,12-13,18-19,24-52H2,1-5H3/b10-8-,11-9-,16-14-,17-15-,22-20-,23-21-. The number of hydrogen-bond acceptors (Lipinski definition) is 9. The Morgan fingerprint density at radius 1 is 0.515 bits per heavy atom. The number of hydrogen-bond donors (Lipinski definition) is 0. The molecule has 2 unspecified atom stereocenters. The normalized spacial score (nSPS) is 17.7. The molecule has 2 saturated heterocycles. The van der Waals surface area contributed by atoms with Crippen molar-refractivity contribution in [2.45, 2.75) is 212 Å². The molecule has 2 atom stereocenters. The molecule has 2 aliphatic heterocycles. The molecule has 0 aromatic carbocycles. The molecule has 0 aromatic rings. The van der Waals surface area contributed by atoms with Gasteiger partial charge in [-0.1, -0.05) is 138 Å². The van der Waals surface area contributed by atoms with Gasteiger partial charge in [-0.3, -0.25) is 14.4 Å². The smallest absolute Gasteiger partial charge is 0.305 e. The zero-order chi connectivity index (χ0) is 49.2. The van der Waals surface area contributed by atoms with Crippen molar-refractivity contribution in [2.24, 2.45) is 0 Å². The molecule has 1 amide bonds. The molecule has 2 heterocycles. The highest BCUT2D eigenvalue weighted by Crippen LogP contribution is 2.40. The quantitative estimate of drug-likeness (QED) is 0.0337. The average molecular weight is 950 g/mol. The Morgan fingerprint density at radius 2 is 0.926 bits per heavy atom. The minimum absolute atomic E-state index is 0.164. The van der Waals surface area contributed by atoms with Gasteiger partial charge in [-0.2, -0.15) is 0 Å². The summed E-state index contributed by atoms with van der Waals surface area (Å²) in [6.07, 6.45) is 52.5. The third-order valence-electron chi connectivity index (χ3n) is 12.8. The lowest BCUT2D eigenvalue weighted by atomic mass is 10.0. The first-order chi connectivity index (χ1) is 33.2. The summed E-state index contributed by atoms with van der Waals surface area (Å²) in [5, 5.41) is 0. The number of likely N-dealkylation sites (tertiary alicyclic amines) is 1. The summed E-state index contributed by atoms with van der Waals surface area (Å²) in [5.74, 6) is -0.932. The molecule has 10 nitrogen and oxygen atoms in total. The fraction of sp³-hybridized carbons (Fsp3) is 0.741. The van der Waals surface area contributed by atoms with Crippen LogP contribution >= 0.6 is 0 Å². The van der Waals surface area contributed by atoms with Crippen LogP contribution in [0, 0.1) is 0 Å². The fourth-order valence-corrected chi connectivity index (χ4v) is 8.55. The van der Waals surface area contributed by atoms with Gasteiger partial charge in [0.15, 0.2) is 5.79 Å². The van der Waals surface area contributed by atoms with Gasteiger partial charge in [-0.15, -0.1) is 0 Å². The van der Waals surface area contributed by atoms with Crippen molar-refractivity contribution in [3.8, 4) is 0 Å². The Balaban J connectivity index is 1.70. The van der Waals surface area contributed by atoms with E-state index < -0.39 is 5.79 Å². The van der Waals surface area contributed by atoms with Crippen LogP contribution in [-0.2, 0) is 33.3 Å². The van der Waals surface area contributed by atoms with Crippen LogP contribution in [0.5, 0.6) is 0 Å². The highest BCUT2D eigenvalue weighted by Gasteiger charge is 2.49.